The van der Waals surface area contributed by atoms with Crippen molar-refractivity contribution in [2.45, 2.75) is 117 Å². The summed E-state index contributed by atoms with van der Waals surface area (Å²) in [4.78, 5) is 43.7. The van der Waals surface area contributed by atoms with Crippen LogP contribution in [0.4, 0.5) is 9.59 Å². The van der Waals surface area contributed by atoms with Crippen molar-refractivity contribution in [2.24, 2.45) is 0 Å². The SMILES string of the molecule is CCOP1(=O)CCN(Cc2ccccc2-c2cccc(OC)c2)CC1(CCCCN(C(=O)OC(C)(C)C)C(=O)OC(C)(C)C)C(=O)OC(C)(C)C. The molecule has 0 radical (unpaired) electrons. The topological polar surface area (TPSA) is 121 Å². The molecule has 1 saturated heterocycles. The van der Waals surface area contributed by atoms with Crippen LogP contribution in [0, 0.1) is 0 Å². The van der Waals surface area contributed by atoms with Crippen LogP contribution in [0.1, 0.15) is 94.1 Å². The number of carbonyl (C=O) groups is 3. The van der Waals surface area contributed by atoms with Gasteiger partial charge in [0.2, 0.25) is 7.37 Å². The Morgan fingerprint density at radius 1 is 0.843 bits per heavy atom. The monoisotopic (exact) mass is 730 g/mol. The minimum Gasteiger partial charge on any atom is -0.497 e. The highest BCUT2D eigenvalue weighted by molar-refractivity contribution is 7.62. The van der Waals surface area contributed by atoms with Crippen LogP contribution >= 0.6 is 7.37 Å². The Morgan fingerprint density at radius 3 is 2.02 bits per heavy atom. The van der Waals surface area contributed by atoms with E-state index in [-0.39, 0.29) is 32.3 Å². The van der Waals surface area contributed by atoms with Crippen molar-refractivity contribution < 1.29 is 42.4 Å². The number of esters is 1. The van der Waals surface area contributed by atoms with Gasteiger partial charge >= 0.3 is 18.2 Å². The lowest BCUT2D eigenvalue weighted by atomic mass is 9.96. The van der Waals surface area contributed by atoms with Gasteiger partial charge in [-0.3, -0.25) is 14.3 Å². The molecule has 0 aromatic heterocycles. The molecular weight excluding hydrogens is 671 g/mol. The van der Waals surface area contributed by atoms with Gasteiger partial charge in [-0.2, -0.15) is 0 Å². The number of benzene rings is 2. The third-order valence-electron chi connectivity index (χ3n) is 8.21. The quantitative estimate of drug-likeness (QED) is 0.0906. The molecule has 2 atom stereocenters. The van der Waals surface area contributed by atoms with Crippen LogP contribution in [0.25, 0.3) is 11.1 Å². The number of amides is 2. The van der Waals surface area contributed by atoms with E-state index in [9.17, 15) is 18.9 Å². The number of unbranched alkanes of at least 4 members (excludes halogenated alkanes) is 1. The molecule has 0 bridgehead atoms. The van der Waals surface area contributed by atoms with Crippen LogP contribution in [0.15, 0.2) is 48.5 Å². The Balaban J connectivity index is 1.96. The summed E-state index contributed by atoms with van der Waals surface area (Å²) in [5, 5.41) is -1.48. The van der Waals surface area contributed by atoms with Crippen LogP contribution < -0.4 is 4.74 Å². The van der Waals surface area contributed by atoms with E-state index in [1.54, 1.807) is 76.3 Å². The Kier molecular flexibility index (Phi) is 14.0. The third kappa shape index (κ3) is 11.8. The van der Waals surface area contributed by atoms with Crippen LogP contribution in [0.3, 0.4) is 0 Å². The van der Waals surface area contributed by atoms with E-state index in [0.717, 1.165) is 27.3 Å². The smallest absolute Gasteiger partial charge is 0.419 e. The summed E-state index contributed by atoms with van der Waals surface area (Å²) < 4.78 is 43.5. The first-order valence-electron chi connectivity index (χ1n) is 17.8. The average Bonchev–Trinajstić information content (AvgIpc) is 3.00. The first kappa shape index (κ1) is 42.0. The van der Waals surface area contributed by atoms with Crippen molar-refractivity contribution in [3.05, 3.63) is 54.1 Å². The molecule has 2 amide bonds. The predicted molar refractivity (Wildman–Crippen MR) is 199 cm³/mol. The fourth-order valence-electron chi connectivity index (χ4n) is 6.05. The second-order valence-corrected chi connectivity index (χ2v) is 18.9. The zero-order valence-electron chi connectivity index (χ0n) is 32.5. The van der Waals surface area contributed by atoms with Gasteiger partial charge in [0.05, 0.1) is 13.7 Å². The van der Waals surface area contributed by atoms with Gasteiger partial charge in [-0.15, -0.1) is 0 Å². The fourth-order valence-corrected chi connectivity index (χ4v) is 9.06. The van der Waals surface area contributed by atoms with Gasteiger partial charge in [0.15, 0.2) is 5.16 Å². The Hall–Kier alpha value is -3.40. The number of methoxy groups -OCH3 is 1. The second kappa shape index (κ2) is 17.0. The molecule has 2 aromatic carbocycles. The largest absolute Gasteiger partial charge is 0.497 e. The molecule has 1 aliphatic rings. The van der Waals surface area contributed by atoms with E-state index in [4.69, 9.17) is 23.5 Å². The zero-order valence-corrected chi connectivity index (χ0v) is 33.4. The van der Waals surface area contributed by atoms with Gasteiger partial charge in [0.1, 0.15) is 22.6 Å². The van der Waals surface area contributed by atoms with Crippen molar-refractivity contribution in [1.82, 2.24) is 9.80 Å². The first-order valence-corrected chi connectivity index (χ1v) is 19.6. The molecule has 1 aliphatic heterocycles. The molecule has 2 aromatic rings. The van der Waals surface area contributed by atoms with Crippen molar-refractivity contribution in [2.75, 3.05) is 39.5 Å². The summed E-state index contributed by atoms with van der Waals surface area (Å²) in [5.74, 6) is 0.174. The highest BCUT2D eigenvalue weighted by Gasteiger charge is 2.59. The molecule has 2 unspecified atom stereocenters. The predicted octanol–water partition coefficient (Wildman–Crippen LogP) is 8.92. The second-order valence-electron chi connectivity index (χ2n) is 16.0. The van der Waals surface area contributed by atoms with E-state index in [2.05, 4.69) is 17.0 Å². The number of ether oxygens (including phenoxy) is 4. The number of rotatable bonds is 12. The summed E-state index contributed by atoms with van der Waals surface area (Å²) in [7, 11) is -1.97. The number of carbonyl (C=O) groups excluding carboxylic acids is 3. The van der Waals surface area contributed by atoms with Crippen molar-refractivity contribution >= 4 is 25.5 Å². The fraction of sp³-hybridized carbons (Fsp3) is 0.615. The molecule has 0 spiro atoms. The van der Waals surface area contributed by atoms with Gasteiger partial charge in [-0.25, -0.2) is 14.5 Å². The molecule has 284 valence electrons. The van der Waals surface area contributed by atoms with Crippen LogP contribution in [-0.2, 0) is 34.6 Å². The van der Waals surface area contributed by atoms with E-state index in [1.165, 1.54) is 0 Å². The highest BCUT2D eigenvalue weighted by Crippen LogP contribution is 2.64. The summed E-state index contributed by atoms with van der Waals surface area (Å²) in [6, 6.07) is 16.0. The zero-order chi connectivity index (χ0) is 38.3. The maximum atomic E-state index is 14.9. The number of hydrogen-bond donors (Lipinski definition) is 0. The normalized spacial score (nSPS) is 20.0. The Labute approximate surface area is 304 Å². The van der Waals surface area contributed by atoms with Crippen molar-refractivity contribution in [3.8, 4) is 16.9 Å². The van der Waals surface area contributed by atoms with Gasteiger partial charge in [0, 0.05) is 32.3 Å². The van der Waals surface area contributed by atoms with Gasteiger partial charge < -0.3 is 23.5 Å². The molecule has 1 heterocycles. The van der Waals surface area contributed by atoms with Crippen LogP contribution in [-0.4, -0.2) is 89.4 Å². The maximum absolute atomic E-state index is 14.9. The third-order valence-corrected chi connectivity index (χ3v) is 11.5. The lowest BCUT2D eigenvalue weighted by Crippen LogP contribution is -2.56. The number of hydrogen-bond acceptors (Lipinski definition) is 10. The van der Waals surface area contributed by atoms with E-state index >= 15 is 0 Å². The summed E-state index contributed by atoms with van der Waals surface area (Å²) in [5.41, 5.74) is 0.564. The minimum absolute atomic E-state index is 0.0230. The Morgan fingerprint density at radius 2 is 1.45 bits per heavy atom. The minimum atomic E-state index is -3.61. The summed E-state index contributed by atoms with van der Waals surface area (Å²) >= 11 is 0. The van der Waals surface area contributed by atoms with Crippen molar-refractivity contribution in [1.29, 1.82) is 0 Å². The average molecular weight is 731 g/mol. The number of nitrogens with zero attached hydrogens (tertiary/aromatic N) is 2. The Bertz CT molecular complexity index is 1530. The van der Waals surface area contributed by atoms with E-state index in [0.29, 0.717) is 25.9 Å². The van der Waals surface area contributed by atoms with Crippen molar-refractivity contribution in [3.63, 3.8) is 0 Å². The molecule has 11 nitrogen and oxygen atoms in total. The molecule has 51 heavy (non-hydrogen) atoms. The van der Waals surface area contributed by atoms with Gasteiger partial charge in [-0.05, 0) is 117 Å². The maximum Gasteiger partial charge on any atom is 0.419 e. The highest BCUT2D eigenvalue weighted by atomic mass is 31.2. The number of imide groups is 1. The first-order chi connectivity index (χ1) is 23.6. The molecule has 1 fully saturated rings. The lowest BCUT2D eigenvalue weighted by Gasteiger charge is -2.46. The van der Waals surface area contributed by atoms with E-state index < -0.39 is 47.5 Å². The molecule has 3 rings (SSSR count). The van der Waals surface area contributed by atoms with Crippen LogP contribution in [0.5, 0.6) is 5.75 Å². The molecule has 0 N–H and O–H groups in total. The molecule has 12 heteroatoms. The lowest BCUT2D eigenvalue weighted by molar-refractivity contribution is -0.160. The molecule has 0 aliphatic carbocycles. The van der Waals surface area contributed by atoms with Gasteiger partial charge in [0.25, 0.3) is 0 Å². The standard InChI is InChI=1S/C39H59N2O9P/c1-12-47-51(45)25-24-40(27-30-18-13-14-21-32(30)29-19-17-20-31(26-29)46-11)28-39(51,33(42)48-36(2,3)4)22-15-16-23-41(34(43)49-37(5,6)7)35(44)50-38(8,9)10/h13-14,17-21,26H,12,15-16,22-25,27-28H2,1-11H3. The summed E-state index contributed by atoms with van der Waals surface area (Å²) in [6.45, 7) is 18.7. The van der Waals surface area contributed by atoms with Crippen LogP contribution in [0.2, 0.25) is 0 Å². The molecule has 0 saturated carbocycles. The van der Waals surface area contributed by atoms with E-state index in [1.807, 2.05) is 36.4 Å². The van der Waals surface area contributed by atoms with Gasteiger partial charge in [-0.1, -0.05) is 36.4 Å². The molecular formula is C39H59N2O9P. The summed E-state index contributed by atoms with van der Waals surface area (Å²) in [6.07, 6.45) is -0.678.